The Kier molecular flexibility index (Phi) is 3.41. The first-order valence-corrected chi connectivity index (χ1v) is 5.09. The predicted octanol–water partition coefficient (Wildman–Crippen LogP) is -0.636. The third-order valence-corrected chi connectivity index (χ3v) is 2.24. The molecule has 1 aromatic carbocycles. The summed E-state index contributed by atoms with van der Waals surface area (Å²) in [7, 11) is 0. The average molecular weight is 232 g/mol. The molecule has 7 nitrogen and oxygen atoms in total. The molecule has 0 bridgehead atoms. The molecule has 4 N–H and O–H groups in total. The normalized spacial score (nSPS) is 12.1. The van der Waals surface area contributed by atoms with Crippen LogP contribution in [0.25, 0.3) is 0 Å². The number of H-pyrrole nitrogens is 1. The maximum atomic E-state index is 11.4. The molecule has 0 fully saturated rings. The summed E-state index contributed by atoms with van der Waals surface area (Å²) in [4.78, 5) is 11.4. The van der Waals surface area contributed by atoms with Gasteiger partial charge in [0.1, 0.15) is 6.04 Å². The lowest BCUT2D eigenvalue weighted by Crippen LogP contribution is -2.34. The molecule has 0 spiro atoms. The fourth-order valence-electron chi connectivity index (χ4n) is 1.45. The number of nitrogens with one attached hydrogen (secondary N) is 2. The molecule has 88 valence electrons. The fraction of sp³-hybridized carbons (Fsp3) is 0.200. The molecule has 0 saturated heterocycles. The van der Waals surface area contributed by atoms with Crippen molar-refractivity contribution < 1.29 is 4.79 Å². The van der Waals surface area contributed by atoms with Crippen molar-refractivity contribution in [1.82, 2.24) is 25.9 Å². The van der Waals surface area contributed by atoms with Gasteiger partial charge in [0.25, 0.3) is 0 Å². The lowest BCUT2D eigenvalue weighted by atomic mass is 10.1. The number of nitrogens with zero attached hydrogens (tertiary/aromatic N) is 3. The van der Waals surface area contributed by atoms with E-state index in [9.17, 15) is 4.79 Å². The number of aromatic nitrogens is 4. The van der Waals surface area contributed by atoms with Gasteiger partial charge in [-0.3, -0.25) is 4.79 Å². The average Bonchev–Trinajstić information content (AvgIpc) is 2.90. The lowest BCUT2D eigenvalue weighted by molar-refractivity contribution is -0.120. The van der Waals surface area contributed by atoms with E-state index in [1.54, 1.807) is 0 Å². The van der Waals surface area contributed by atoms with E-state index in [0.29, 0.717) is 5.82 Å². The van der Waals surface area contributed by atoms with Gasteiger partial charge in [-0.2, -0.15) is 5.21 Å². The zero-order valence-electron chi connectivity index (χ0n) is 9.00. The van der Waals surface area contributed by atoms with Crippen molar-refractivity contribution in [3.63, 3.8) is 0 Å². The van der Waals surface area contributed by atoms with Crippen molar-refractivity contribution >= 4 is 5.91 Å². The van der Waals surface area contributed by atoms with Crippen molar-refractivity contribution in [1.29, 1.82) is 0 Å². The first-order chi connectivity index (χ1) is 8.31. The van der Waals surface area contributed by atoms with E-state index >= 15 is 0 Å². The van der Waals surface area contributed by atoms with Crippen LogP contribution in [0.2, 0.25) is 0 Å². The van der Waals surface area contributed by atoms with Crippen LogP contribution < -0.4 is 11.1 Å². The van der Waals surface area contributed by atoms with Crippen LogP contribution in [0.4, 0.5) is 0 Å². The van der Waals surface area contributed by atoms with Crippen molar-refractivity contribution in [2.45, 2.75) is 6.04 Å². The zero-order chi connectivity index (χ0) is 12.1. The summed E-state index contributed by atoms with van der Waals surface area (Å²) in [5.41, 5.74) is 6.15. The van der Waals surface area contributed by atoms with E-state index in [4.69, 9.17) is 5.73 Å². The lowest BCUT2D eigenvalue weighted by Gasteiger charge is -2.14. The Hall–Kier alpha value is -2.28. The first-order valence-electron chi connectivity index (χ1n) is 5.09. The highest BCUT2D eigenvalue weighted by atomic mass is 16.1. The summed E-state index contributed by atoms with van der Waals surface area (Å²) in [6.07, 6.45) is 0. The minimum absolute atomic E-state index is 0.0822. The first kappa shape index (κ1) is 11.2. The number of aromatic amines is 1. The van der Waals surface area contributed by atoms with Crippen molar-refractivity contribution in [2.75, 3.05) is 6.54 Å². The maximum absolute atomic E-state index is 11.4. The van der Waals surface area contributed by atoms with E-state index in [1.807, 2.05) is 30.3 Å². The van der Waals surface area contributed by atoms with Gasteiger partial charge in [-0.15, -0.1) is 10.2 Å². The van der Waals surface area contributed by atoms with E-state index in [2.05, 4.69) is 25.9 Å². The largest absolute Gasteiger partial charge is 0.341 e. The van der Waals surface area contributed by atoms with Crippen molar-refractivity contribution in [3.05, 3.63) is 41.7 Å². The number of carbonyl (C=O) groups excluding carboxylic acids is 1. The van der Waals surface area contributed by atoms with Crippen molar-refractivity contribution in [3.8, 4) is 0 Å². The molecule has 7 heteroatoms. The van der Waals surface area contributed by atoms with E-state index in [-0.39, 0.29) is 12.5 Å². The number of carbonyl (C=O) groups is 1. The van der Waals surface area contributed by atoms with Gasteiger partial charge in [-0.05, 0) is 5.56 Å². The predicted molar refractivity (Wildman–Crippen MR) is 59.7 cm³/mol. The molecule has 1 unspecified atom stereocenters. The van der Waals surface area contributed by atoms with E-state index in [0.717, 1.165) is 5.56 Å². The number of nitrogens with two attached hydrogens (primary N) is 1. The van der Waals surface area contributed by atoms with Gasteiger partial charge in [0, 0.05) is 0 Å². The highest BCUT2D eigenvalue weighted by Gasteiger charge is 2.19. The van der Waals surface area contributed by atoms with Gasteiger partial charge in [0.15, 0.2) is 0 Å². The SMILES string of the molecule is NCC(=O)NC(c1ccccc1)c1nn[nH]n1. The highest BCUT2D eigenvalue weighted by Crippen LogP contribution is 2.17. The summed E-state index contributed by atoms with van der Waals surface area (Å²) in [6.45, 7) is -0.0822. The molecule has 2 aromatic rings. The van der Waals surface area contributed by atoms with Crippen LogP contribution in [0.5, 0.6) is 0 Å². The van der Waals surface area contributed by atoms with Crippen LogP contribution >= 0.6 is 0 Å². The summed E-state index contributed by atoms with van der Waals surface area (Å²) in [5.74, 6) is 0.127. The minimum atomic E-state index is -0.439. The van der Waals surface area contributed by atoms with Crippen LogP contribution in [-0.4, -0.2) is 33.1 Å². The molecular formula is C10H12N6O. The smallest absolute Gasteiger partial charge is 0.234 e. The Bertz CT molecular complexity index is 469. The molecule has 0 aliphatic rings. The number of tetrazole rings is 1. The summed E-state index contributed by atoms with van der Waals surface area (Å²) >= 11 is 0. The Morgan fingerprint density at radius 3 is 2.76 bits per heavy atom. The number of benzene rings is 1. The molecule has 1 heterocycles. The number of rotatable bonds is 4. The Morgan fingerprint density at radius 2 is 2.18 bits per heavy atom. The third kappa shape index (κ3) is 2.64. The second-order valence-electron chi connectivity index (χ2n) is 3.39. The molecule has 1 aromatic heterocycles. The quantitative estimate of drug-likeness (QED) is 0.649. The maximum Gasteiger partial charge on any atom is 0.234 e. The Labute approximate surface area is 97.4 Å². The van der Waals surface area contributed by atoms with Crippen LogP contribution in [0, 0.1) is 0 Å². The van der Waals surface area contributed by atoms with Gasteiger partial charge < -0.3 is 11.1 Å². The second-order valence-corrected chi connectivity index (χ2v) is 3.39. The van der Waals surface area contributed by atoms with Crippen LogP contribution in [0.1, 0.15) is 17.4 Å². The Morgan fingerprint density at radius 1 is 1.41 bits per heavy atom. The van der Waals surface area contributed by atoms with Gasteiger partial charge in [0.2, 0.25) is 11.7 Å². The minimum Gasteiger partial charge on any atom is -0.341 e. The topological polar surface area (TPSA) is 110 Å². The second kappa shape index (κ2) is 5.17. The molecule has 17 heavy (non-hydrogen) atoms. The third-order valence-electron chi connectivity index (χ3n) is 2.24. The highest BCUT2D eigenvalue weighted by molar-refractivity contribution is 5.78. The summed E-state index contributed by atoms with van der Waals surface area (Å²) < 4.78 is 0. The monoisotopic (exact) mass is 232 g/mol. The molecule has 0 aliphatic carbocycles. The number of hydrogen-bond donors (Lipinski definition) is 3. The van der Waals surface area contributed by atoms with Crippen LogP contribution in [0.3, 0.4) is 0 Å². The molecule has 2 rings (SSSR count). The summed E-state index contributed by atoms with van der Waals surface area (Å²) in [5, 5.41) is 16.3. The molecule has 1 amide bonds. The van der Waals surface area contributed by atoms with Gasteiger partial charge in [0.05, 0.1) is 6.54 Å². The van der Waals surface area contributed by atoms with Gasteiger partial charge >= 0.3 is 0 Å². The number of hydrogen-bond acceptors (Lipinski definition) is 5. The summed E-state index contributed by atoms with van der Waals surface area (Å²) in [6, 6.07) is 8.94. The molecular weight excluding hydrogens is 220 g/mol. The molecule has 0 aliphatic heterocycles. The van der Waals surface area contributed by atoms with Crippen LogP contribution in [0.15, 0.2) is 30.3 Å². The van der Waals surface area contributed by atoms with Crippen molar-refractivity contribution in [2.24, 2.45) is 5.73 Å². The molecule has 1 atom stereocenters. The Balaban J connectivity index is 2.28. The van der Waals surface area contributed by atoms with Crippen LogP contribution in [-0.2, 0) is 4.79 Å². The van der Waals surface area contributed by atoms with E-state index in [1.165, 1.54) is 0 Å². The van der Waals surface area contributed by atoms with E-state index < -0.39 is 6.04 Å². The zero-order valence-corrected chi connectivity index (χ0v) is 9.00. The van der Waals surface area contributed by atoms with Gasteiger partial charge in [-0.25, -0.2) is 0 Å². The molecule has 0 radical (unpaired) electrons. The fourth-order valence-corrected chi connectivity index (χ4v) is 1.45. The van der Waals surface area contributed by atoms with Gasteiger partial charge in [-0.1, -0.05) is 35.5 Å². The standard InChI is InChI=1S/C10H12N6O/c11-6-8(17)12-9(10-13-15-16-14-10)7-4-2-1-3-5-7/h1-5,9H,6,11H2,(H,12,17)(H,13,14,15,16). The molecule has 0 saturated carbocycles. The number of amides is 1.